The minimum atomic E-state index is -0.967. The number of anilines is 1. The van der Waals surface area contributed by atoms with E-state index in [4.69, 9.17) is 15.1 Å². The lowest BCUT2D eigenvalue weighted by molar-refractivity contribution is -0.150. The van der Waals surface area contributed by atoms with Gasteiger partial charge in [-0.2, -0.15) is 5.26 Å². The first kappa shape index (κ1) is 12.4. The van der Waals surface area contributed by atoms with Gasteiger partial charge in [0, 0.05) is 6.54 Å². The van der Waals surface area contributed by atoms with Crippen LogP contribution in [0.2, 0.25) is 0 Å². The summed E-state index contributed by atoms with van der Waals surface area (Å²) in [4.78, 5) is 12.8. The van der Waals surface area contributed by atoms with Gasteiger partial charge in [-0.25, -0.2) is 4.79 Å². The molecule has 0 aromatic heterocycles. The number of hydrogen-bond acceptors (Lipinski definition) is 4. The Morgan fingerprint density at radius 1 is 1.61 bits per heavy atom. The molecule has 1 aliphatic rings. The summed E-state index contributed by atoms with van der Waals surface area (Å²) >= 11 is 0. The number of hydrogen-bond donors (Lipinski definition) is 1. The number of rotatable bonds is 2. The van der Waals surface area contributed by atoms with Gasteiger partial charge in [0.05, 0.1) is 24.4 Å². The highest BCUT2D eigenvalue weighted by atomic mass is 16.5. The molecule has 0 saturated carbocycles. The summed E-state index contributed by atoms with van der Waals surface area (Å²) in [6.07, 6.45) is -0.828. The van der Waals surface area contributed by atoms with Crippen molar-refractivity contribution in [2.24, 2.45) is 0 Å². The second kappa shape index (κ2) is 5.07. The van der Waals surface area contributed by atoms with Crippen LogP contribution in [-0.2, 0) is 9.53 Å². The second-order valence-corrected chi connectivity index (χ2v) is 4.28. The maximum atomic E-state index is 10.9. The average Bonchev–Trinajstić information content (AvgIpc) is 2.39. The van der Waals surface area contributed by atoms with Gasteiger partial charge in [0.25, 0.3) is 0 Å². The number of carboxylic acids is 1. The van der Waals surface area contributed by atoms with Gasteiger partial charge in [-0.3, -0.25) is 0 Å². The van der Waals surface area contributed by atoms with Crippen LogP contribution >= 0.6 is 0 Å². The van der Waals surface area contributed by atoms with Gasteiger partial charge in [0.15, 0.2) is 6.10 Å². The van der Waals surface area contributed by atoms with Gasteiger partial charge in [-0.1, -0.05) is 6.07 Å². The molecular formula is C13H14N2O3. The number of carbonyl (C=O) groups is 1. The molecule has 0 amide bonds. The largest absolute Gasteiger partial charge is 0.479 e. The molecule has 1 fully saturated rings. The lowest BCUT2D eigenvalue weighted by atomic mass is 10.1. The molecule has 5 heteroatoms. The Morgan fingerprint density at radius 3 is 3.06 bits per heavy atom. The number of nitrogens with zero attached hydrogens (tertiary/aromatic N) is 2. The van der Waals surface area contributed by atoms with Crippen molar-refractivity contribution < 1.29 is 14.6 Å². The zero-order valence-electron chi connectivity index (χ0n) is 10.1. The van der Waals surface area contributed by atoms with Crippen LogP contribution in [0.15, 0.2) is 18.2 Å². The van der Waals surface area contributed by atoms with Crippen LogP contribution in [0.25, 0.3) is 0 Å². The first-order valence-corrected chi connectivity index (χ1v) is 5.72. The molecule has 1 N–H and O–H groups in total. The first-order chi connectivity index (χ1) is 8.61. The zero-order chi connectivity index (χ0) is 13.1. The van der Waals surface area contributed by atoms with Crippen molar-refractivity contribution in [1.82, 2.24) is 0 Å². The van der Waals surface area contributed by atoms with E-state index in [1.165, 1.54) is 0 Å². The fourth-order valence-electron chi connectivity index (χ4n) is 2.02. The van der Waals surface area contributed by atoms with Crippen molar-refractivity contribution in [3.63, 3.8) is 0 Å². The zero-order valence-corrected chi connectivity index (χ0v) is 10.1. The van der Waals surface area contributed by atoms with Crippen molar-refractivity contribution in [3.05, 3.63) is 29.3 Å². The van der Waals surface area contributed by atoms with E-state index in [1.54, 1.807) is 6.07 Å². The Morgan fingerprint density at radius 2 is 2.39 bits per heavy atom. The third-order valence-electron chi connectivity index (χ3n) is 2.96. The molecule has 1 unspecified atom stereocenters. The van der Waals surface area contributed by atoms with Gasteiger partial charge < -0.3 is 14.7 Å². The Kier molecular flexibility index (Phi) is 3.49. The molecule has 18 heavy (non-hydrogen) atoms. The second-order valence-electron chi connectivity index (χ2n) is 4.28. The average molecular weight is 246 g/mol. The summed E-state index contributed by atoms with van der Waals surface area (Å²) in [5.41, 5.74) is 2.39. The van der Waals surface area contributed by atoms with Crippen LogP contribution < -0.4 is 4.90 Å². The summed E-state index contributed by atoms with van der Waals surface area (Å²) in [7, 11) is 0. The monoisotopic (exact) mass is 246 g/mol. The summed E-state index contributed by atoms with van der Waals surface area (Å²) in [5, 5.41) is 18.1. The topological polar surface area (TPSA) is 73.6 Å². The Bertz CT molecular complexity index is 507. The maximum absolute atomic E-state index is 10.9. The van der Waals surface area contributed by atoms with Gasteiger partial charge in [-0.05, 0) is 24.6 Å². The van der Waals surface area contributed by atoms with Crippen LogP contribution in [0.4, 0.5) is 5.69 Å². The lowest BCUT2D eigenvalue weighted by Gasteiger charge is -2.33. The summed E-state index contributed by atoms with van der Waals surface area (Å²) in [5.74, 6) is -0.967. The normalized spacial score (nSPS) is 19.3. The predicted octanol–water partition coefficient (Wildman–Crippen LogP) is 1.16. The van der Waals surface area contributed by atoms with Gasteiger partial charge in [0.1, 0.15) is 6.07 Å². The van der Waals surface area contributed by atoms with Crippen molar-refractivity contribution in [2.75, 3.05) is 24.6 Å². The summed E-state index contributed by atoms with van der Waals surface area (Å²) < 4.78 is 5.17. The van der Waals surface area contributed by atoms with Crippen LogP contribution in [0.1, 0.15) is 11.1 Å². The molecule has 1 saturated heterocycles. The van der Waals surface area contributed by atoms with E-state index < -0.39 is 12.1 Å². The highest BCUT2D eigenvalue weighted by molar-refractivity contribution is 5.74. The number of morpholine rings is 1. The molecule has 1 aromatic rings. The number of aliphatic carboxylic acids is 1. The minimum Gasteiger partial charge on any atom is -0.479 e. The molecule has 0 aliphatic carbocycles. The van der Waals surface area contributed by atoms with Crippen LogP contribution in [0.5, 0.6) is 0 Å². The van der Waals surface area contributed by atoms with Crippen molar-refractivity contribution in [3.8, 4) is 6.07 Å². The molecule has 2 rings (SSSR count). The third-order valence-corrected chi connectivity index (χ3v) is 2.96. The fraction of sp³-hybridized carbons (Fsp3) is 0.385. The van der Waals surface area contributed by atoms with Gasteiger partial charge >= 0.3 is 5.97 Å². The molecule has 0 radical (unpaired) electrons. The Balaban J connectivity index is 2.28. The molecule has 5 nitrogen and oxygen atoms in total. The highest BCUT2D eigenvalue weighted by Gasteiger charge is 2.27. The number of aryl methyl sites for hydroxylation is 1. The quantitative estimate of drug-likeness (QED) is 0.847. The third kappa shape index (κ3) is 2.44. The molecule has 0 bridgehead atoms. The van der Waals surface area contributed by atoms with Gasteiger partial charge in [0.2, 0.25) is 0 Å². The molecule has 0 spiro atoms. The molecule has 1 aliphatic heterocycles. The van der Waals surface area contributed by atoms with E-state index >= 15 is 0 Å². The predicted molar refractivity (Wildman–Crippen MR) is 65.5 cm³/mol. The maximum Gasteiger partial charge on any atom is 0.334 e. The summed E-state index contributed by atoms with van der Waals surface area (Å²) in [6, 6.07) is 7.67. The standard InChI is InChI=1S/C13H14N2O3/c1-9-2-3-10(7-14)11(6-9)15-4-5-18-12(8-15)13(16)17/h2-3,6,12H,4-5,8H2,1H3,(H,16,17). The number of carboxylic acid groups (broad SMARTS) is 1. The van der Waals surface area contributed by atoms with Crippen LogP contribution in [-0.4, -0.2) is 36.9 Å². The number of ether oxygens (including phenoxy) is 1. The van der Waals surface area contributed by atoms with Crippen molar-refractivity contribution in [2.45, 2.75) is 13.0 Å². The van der Waals surface area contributed by atoms with E-state index in [9.17, 15) is 4.79 Å². The molecule has 1 atom stereocenters. The number of nitriles is 1. The van der Waals surface area contributed by atoms with E-state index in [-0.39, 0.29) is 6.54 Å². The number of benzene rings is 1. The first-order valence-electron chi connectivity index (χ1n) is 5.72. The molecule has 94 valence electrons. The Hall–Kier alpha value is -2.06. The molecule has 1 aromatic carbocycles. The molecular weight excluding hydrogens is 232 g/mol. The highest BCUT2D eigenvalue weighted by Crippen LogP contribution is 2.23. The lowest BCUT2D eigenvalue weighted by Crippen LogP contribution is -2.46. The van der Waals surface area contributed by atoms with E-state index in [0.717, 1.165) is 11.3 Å². The van der Waals surface area contributed by atoms with Crippen LogP contribution in [0, 0.1) is 18.3 Å². The van der Waals surface area contributed by atoms with Crippen LogP contribution in [0.3, 0.4) is 0 Å². The van der Waals surface area contributed by atoms with Gasteiger partial charge in [-0.15, -0.1) is 0 Å². The SMILES string of the molecule is Cc1ccc(C#N)c(N2CCOC(C(=O)O)C2)c1. The smallest absolute Gasteiger partial charge is 0.334 e. The van der Waals surface area contributed by atoms with Crippen molar-refractivity contribution in [1.29, 1.82) is 5.26 Å². The summed E-state index contributed by atoms with van der Waals surface area (Å²) in [6.45, 7) is 3.17. The molecule has 1 heterocycles. The fourth-order valence-corrected chi connectivity index (χ4v) is 2.02. The van der Waals surface area contributed by atoms with E-state index in [0.29, 0.717) is 18.7 Å². The van der Waals surface area contributed by atoms with E-state index in [2.05, 4.69) is 6.07 Å². The Labute approximate surface area is 105 Å². The van der Waals surface area contributed by atoms with Crippen molar-refractivity contribution >= 4 is 11.7 Å². The van der Waals surface area contributed by atoms with E-state index in [1.807, 2.05) is 24.0 Å². The minimum absolute atomic E-state index is 0.271.